The number of rotatable bonds is 7. The lowest BCUT2D eigenvalue weighted by molar-refractivity contribution is -0.138. The number of sulfonamides is 1. The molecule has 1 aromatic carbocycles. The quantitative estimate of drug-likeness (QED) is 0.643. The maximum atomic E-state index is 12.9. The van der Waals surface area contributed by atoms with E-state index in [9.17, 15) is 18.0 Å². The molecule has 0 saturated carbocycles. The van der Waals surface area contributed by atoms with Gasteiger partial charge in [0, 0.05) is 0 Å². The van der Waals surface area contributed by atoms with Crippen LogP contribution in [-0.2, 0) is 24.3 Å². The Bertz CT molecular complexity index is 895. The first-order valence-electron chi connectivity index (χ1n) is 7.41. The van der Waals surface area contributed by atoms with Gasteiger partial charge in [-0.05, 0) is 36.6 Å². The average Bonchev–Trinajstić information content (AvgIpc) is 3.14. The normalized spacial score (nSPS) is 11.0. The summed E-state index contributed by atoms with van der Waals surface area (Å²) in [6.45, 7) is 1.30. The van der Waals surface area contributed by atoms with Crippen molar-refractivity contribution in [2.75, 3.05) is 24.6 Å². The van der Waals surface area contributed by atoms with Crippen LogP contribution in [-0.4, -0.2) is 40.6 Å². The van der Waals surface area contributed by atoms with Crippen molar-refractivity contribution < 1.29 is 27.5 Å². The Hall–Kier alpha value is -2.10. The van der Waals surface area contributed by atoms with Crippen LogP contribution in [0.15, 0.2) is 39.9 Å². The molecule has 0 fully saturated rings. The largest absolute Gasteiger partial charge is 0.468 e. The maximum Gasteiger partial charge on any atom is 0.339 e. The van der Waals surface area contributed by atoms with Crippen molar-refractivity contribution in [2.24, 2.45) is 0 Å². The van der Waals surface area contributed by atoms with Crippen LogP contribution >= 0.6 is 22.9 Å². The molecule has 1 heterocycles. The first kappa shape index (κ1) is 20.2. The summed E-state index contributed by atoms with van der Waals surface area (Å²) in [6, 6.07) is 7.04. The highest BCUT2D eigenvalue weighted by Gasteiger charge is 2.29. The summed E-state index contributed by atoms with van der Waals surface area (Å²) in [6.07, 6.45) is 0. The van der Waals surface area contributed by atoms with Crippen molar-refractivity contribution in [1.29, 1.82) is 0 Å². The van der Waals surface area contributed by atoms with Gasteiger partial charge in [-0.2, -0.15) is 0 Å². The zero-order valence-corrected chi connectivity index (χ0v) is 16.4. The minimum atomic E-state index is -4.00. The summed E-state index contributed by atoms with van der Waals surface area (Å²) in [7, 11) is -2.84. The van der Waals surface area contributed by atoms with Gasteiger partial charge in [0.05, 0.1) is 30.0 Å². The highest BCUT2D eigenvalue weighted by atomic mass is 35.5. The number of carbonyl (C=O) groups excluding carboxylic acids is 2. The molecular formula is C16H16ClNO6S2. The predicted molar refractivity (Wildman–Crippen MR) is 98.3 cm³/mol. The number of hydrogen-bond acceptors (Lipinski definition) is 7. The van der Waals surface area contributed by atoms with E-state index in [1.54, 1.807) is 18.4 Å². The van der Waals surface area contributed by atoms with E-state index in [0.29, 0.717) is 0 Å². The molecule has 2 aromatic rings. The molecule has 0 N–H and O–H groups in total. The van der Waals surface area contributed by atoms with Gasteiger partial charge in [0.2, 0.25) is 0 Å². The number of ether oxygens (including phenoxy) is 2. The van der Waals surface area contributed by atoms with Crippen molar-refractivity contribution in [3.63, 3.8) is 0 Å². The summed E-state index contributed by atoms with van der Waals surface area (Å²) in [5.74, 6) is -1.36. The summed E-state index contributed by atoms with van der Waals surface area (Å²) in [5, 5.41) is 1.62. The fraction of sp³-hybridized carbons (Fsp3) is 0.250. The molecule has 0 unspecified atom stereocenters. The van der Waals surface area contributed by atoms with Crippen molar-refractivity contribution in [2.45, 2.75) is 11.1 Å². The number of carbonyl (C=O) groups is 2. The smallest absolute Gasteiger partial charge is 0.339 e. The Morgan fingerprint density at radius 3 is 2.54 bits per heavy atom. The van der Waals surface area contributed by atoms with Gasteiger partial charge < -0.3 is 9.47 Å². The molecule has 26 heavy (non-hydrogen) atoms. The first-order chi connectivity index (χ1) is 12.3. The van der Waals surface area contributed by atoms with Crippen LogP contribution in [0.25, 0.3) is 0 Å². The van der Waals surface area contributed by atoms with E-state index >= 15 is 0 Å². The van der Waals surface area contributed by atoms with Crippen LogP contribution in [0.2, 0.25) is 5.02 Å². The van der Waals surface area contributed by atoms with Crippen LogP contribution in [0.3, 0.4) is 0 Å². The molecule has 140 valence electrons. The second-order valence-electron chi connectivity index (χ2n) is 4.90. The summed E-state index contributed by atoms with van der Waals surface area (Å²) in [5.41, 5.74) is 0.227. The zero-order valence-electron chi connectivity index (χ0n) is 14.0. The molecule has 0 bridgehead atoms. The van der Waals surface area contributed by atoms with Crippen LogP contribution in [0.1, 0.15) is 17.3 Å². The molecule has 1 aromatic heterocycles. The van der Waals surface area contributed by atoms with Gasteiger partial charge in [-0.3, -0.25) is 9.10 Å². The molecular weight excluding hydrogens is 402 g/mol. The SMILES string of the molecule is CCOC(=O)c1ccc(N(CC(=O)OC)S(=O)(=O)c2cccs2)cc1Cl. The third kappa shape index (κ3) is 4.35. The van der Waals surface area contributed by atoms with Gasteiger partial charge in [-0.25, -0.2) is 13.2 Å². The van der Waals surface area contributed by atoms with Gasteiger partial charge >= 0.3 is 11.9 Å². The average molecular weight is 418 g/mol. The molecule has 0 atom stereocenters. The number of halogens is 1. The summed E-state index contributed by atoms with van der Waals surface area (Å²) >= 11 is 7.13. The van der Waals surface area contributed by atoms with Gasteiger partial charge in [-0.1, -0.05) is 17.7 Å². The minimum Gasteiger partial charge on any atom is -0.468 e. The number of nitrogens with zero attached hydrogens (tertiary/aromatic N) is 1. The fourth-order valence-electron chi connectivity index (χ4n) is 2.05. The van der Waals surface area contributed by atoms with Gasteiger partial charge in [0.1, 0.15) is 10.8 Å². The lowest BCUT2D eigenvalue weighted by Crippen LogP contribution is -2.36. The van der Waals surface area contributed by atoms with Crippen LogP contribution in [0, 0.1) is 0 Å². The van der Waals surface area contributed by atoms with E-state index in [4.69, 9.17) is 16.3 Å². The van der Waals surface area contributed by atoms with Crippen molar-refractivity contribution in [3.8, 4) is 0 Å². The second kappa shape index (κ2) is 8.52. The lowest BCUT2D eigenvalue weighted by atomic mass is 10.2. The van der Waals surface area contributed by atoms with Crippen LogP contribution in [0.5, 0.6) is 0 Å². The van der Waals surface area contributed by atoms with E-state index < -0.39 is 28.5 Å². The van der Waals surface area contributed by atoms with E-state index in [0.717, 1.165) is 22.8 Å². The zero-order chi connectivity index (χ0) is 19.3. The second-order valence-corrected chi connectivity index (χ2v) is 8.35. The molecule has 0 spiro atoms. The first-order valence-corrected chi connectivity index (χ1v) is 10.1. The molecule has 0 aliphatic carbocycles. The molecule has 10 heteroatoms. The highest BCUT2D eigenvalue weighted by molar-refractivity contribution is 7.94. The Kier molecular flexibility index (Phi) is 6.63. The van der Waals surface area contributed by atoms with E-state index in [1.807, 2.05) is 0 Å². The standard InChI is InChI=1S/C16H16ClNO6S2/c1-3-24-16(20)12-7-6-11(9-13(12)17)18(10-14(19)23-2)26(21,22)15-5-4-8-25-15/h4-9H,3,10H2,1-2H3. The molecule has 7 nitrogen and oxygen atoms in total. The Morgan fingerprint density at radius 1 is 1.27 bits per heavy atom. The van der Waals surface area contributed by atoms with Gasteiger partial charge in [0.15, 0.2) is 0 Å². The van der Waals surface area contributed by atoms with Gasteiger partial charge in [0.25, 0.3) is 10.0 Å². The Balaban J connectivity index is 2.48. The predicted octanol–water partition coefficient (Wildman–Crippen LogP) is 2.95. The van der Waals surface area contributed by atoms with Crippen LogP contribution < -0.4 is 4.31 Å². The molecule has 0 aliphatic rings. The third-order valence-electron chi connectivity index (χ3n) is 3.28. The highest BCUT2D eigenvalue weighted by Crippen LogP contribution is 2.30. The number of hydrogen-bond donors (Lipinski definition) is 0. The van der Waals surface area contributed by atoms with Crippen molar-refractivity contribution in [1.82, 2.24) is 0 Å². The molecule has 0 aliphatic heterocycles. The number of methoxy groups -OCH3 is 1. The molecule has 0 radical (unpaired) electrons. The minimum absolute atomic E-state index is 0.0113. The van der Waals surface area contributed by atoms with Crippen molar-refractivity contribution >= 4 is 50.6 Å². The third-order valence-corrected chi connectivity index (χ3v) is 6.74. The monoisotopic (exact) mass is 417 g/mol. The maximum absolute atomic E-state index is 12.9. The van der Waals surface area contributed by atoms with Crippen molar-refractivity contribution in [3.05, 3.63) is 46.3 Å². The Labute approximate surface area is 160 Å². The van der Waals surface area contributed by atoms with E-state index in [-0.39, 0.29) is 27.1 Å². The topological polar surface area (TPSA) is 90.0 Å². The van der Waals surface area contributed by atoms with E-state index in [2.05, 4.69) is 4.74 Å². The number of esters is 2. The van der Waals surface area contributed by atoms with E-state index in [1.165, 1.54) is 24.3 Å². The number of thiophene rings is 1. The lowest BCUT2D eigenvalue weighted by Gasteiger charge is -2.23. The summed E-state index contributed by atoms with van der Waals surface area (Å²) < 4.78 is 36.2. The van der Waals surface area contributed by atoms with Crippen LogP contribution in [0.4, 0.5) is 5.69 Å². The summed E-state index contributed by atoms with van der Waals surface area (Å²) in [4.78, 5) is 23.6. The Morgan fingerprint density at radius 2 is 2.00 bits per heavy atom. The van der Waals surface area contributed by atoms with Gasteiger partial charge in [-0.15, -0.1) is 11.3 Å². The molecule has 0 saturated heterocycles. The molecule has 2 rings (SSSR count). The number of anilines is 1. The number of benzene rings is 1. The molecule has 0 amide bonds. The fourth-order valence-corrected chi connectivity index (χ4v) is 4.81.